The summed E-state index contributed by atoms with van der Waals surface area (Å²) < 4.78 is 5.53. The Hall–Kier alpha value is -3.19. The molecule has 0 aromatic heterocycles. The third-order valence-electron chi connectivity index (χ3n) is 10.7. The van der Waals surface area contributed by atoms with Crippen molar-refractivity contribution in [2.24, 2.45) is 16.2 Å². The minimum absolute atomic E-state index is 0. The zero-order valence-electron chi connectivity index (χ0n) is 34.9. The Morgan fingerprint density at radius 1 is 0.768 bits per heavy atom. The van der Waals surface area contributed by atoms with E-state index in [1.54, 1.807) is 11.8 Å². The molecule has 8 heteroatoms. The summed E-state index contributed by atoms with van der Waals surface area (Å²) >= 11 is 8.95. The first kappa shape index (κ1) is 49.0. The third-order valence-corrected chi connectivity index (χ3v) is 13.2. The van der Waals surface area contributed by atoms with Crippen LogP contribution in [0.5, 0.6) is 0 Å². The van der Waals surface area contributed by atoms with Crippen molar-refractivity contribution in [1.82, 2.24) is 0 Å². The molecule has 4 aromatic carbocycles. The maximum atomic E-state index is 13.2. The normalized spacial score (nSPS) is 13.3. The number of esters is 1. The van der Waals surface area contributed by atoms with Crippen LogP contribution >= 0.6 is 35.7 Å². The maximum Gasteiger partial charge on any atom is 2.00 e. The van der Waals surface area contributed by atoms with E-state index < -0.39 is 10.8 Å². The van der Waals surface area contributed by atoms with E-state index in [-0.39, 0.29) is 43.9 Å². The monoisotopic (exact) mass is 850 g/mol. The number of ether oxygens (including phenoxy) is 1. The van der Waals surface area contributed by atoms with Crippen LogP contribution in [0, 0.1) is 38.7 Å². The predicted molar refractivity (Wildman–Crippen MR) is 239 cm³/mol. The molecule has 0 aliphatic carbocycles. The number of thioether (sulfide) groups is 2. The second-order valence-electron chi connectivity index (χ2n) is 16.3. The first-order chi connectivity index (χ1) is 25.7. The van der Waals surface area contributed by atoms with Gasteiger partial charge in [0.1, 0.15) is 0 Å². The number of carbonyl (C=O) groups is 2. The summed E-state index contributed by atoms with van der Waals surface area (Å²) in [5.41, 5.74) is 4.81. The van der Waals surface area contributed by atoms with Crippen LogP contribution in [-0.2, 0) is 26.3 Å². The second kappa shape index (κ2) is 21.0. The van der Waals surface area contributed by atoms with E-state index in [2.05, 4.69) is 92.7 Å². The molecule has 4 rings (SSSR count). The molecule has 0 heterocycles. The largest absolute Gasteiger partial charge is 2.00 e. The number of methoxy groups -OCH3 is 1. The van der Waals surface area contributed by atoms with Crippen molar-refractivity contribution in [3.8, 4) is 17.2 Å². The summed E-state index contributed by atoms with van der Waals surface area (Å²) in [5, 5.41) is 10.4. The van der Waals surface area contributed by atoms with E-state index in [0.717, 1.165) is 37.6 Å². The minimum atomic E-state index is -0.646. The average molecular weight is 851 g/mol. The molecule has 1 radical (unpaired) electrons. The third kappa shape index (κ3) is 12.2. The first-order valence-electron chi connectivity index (χ1n) is 18.6. The number of hydrogen-bond donors (Lipinski definition) is 0. The summed E-state index contributed by atoms with van der Waals surface area (Å²) in [4.78, 5) is 25.3. The Morgan fingerprint density at radius 2 is 1.27 bits per heavy atom. The van der Waals surface area contributed by atoms with Gasteiger partial charge in [0.15, 0.2) is 5.12 Å². The molecule has 0 saturated heterocycles. The van der Waals surface area contributed by atoms with Crippen LogP contribution in [0.3, 0.4) is 0 Å². The molecule has 4 aromatic rings. The fraction of sp³-hybridized carbons (Fsp3) is 0.375. The molecule has 4 nitrogen and oxygen atoms in total. The Morgan fingerprint density at radius 3 is 1.79 bits per heavy atom. The molecule has 56 heavy (non-hydrogen) atoms. The fourth-order valence-corrected chi connectivity index (χ4v) is 9.15. The van der Waals surface area contributed by atoms with E-state index in [0.29, 0.717) is 6.42 Å². The second-order valence-corrected chi connectivity index (χ2v) is 20.0. The topological polar surface area (TPSA) is 67.2 Å². The number of nitrogens with zero attached hydrogens (tertiary/aromatic N) is 1. The number of carbonyl (C=O) groups excluding carboxylic acids is 2. The van der Waals surface area contributed by atoms with Gasteiger partial charge in [-0.1, -0.05) is 148 Å². The van der Waals surface area contributed by atoms with Crippen molar-refractivity contribution in [3.63, 3.8) is 0 Å². The number of hydrogen-bond acceptors (Lipinski definition) is 7. The van der Waals surface area contributed by atoms with Crippen LogP contribution in [0.1, 0.15) is 116 Å². The number of nitriles is 1. The average Bonchev–Trinajstić information content (AvgIpc) is 3.14. The van der Waals surface area contributed by atoms with Gasteiger partial charge in [-0.25, -0.2) is 0 Å². The van der Waals surface area contributed by atoms with Gasteiger partial charge >= 0.3 is 16.8 Å². The smallest absolute Gasteiger partial charge is 0.470 e. The standard InChI is InChI=1S/C33H31OS3.C15H26NO2.Co/c1-23(2)36-31(34)29-22-14-12-20-27(29)26-19-11-13-21-28(26)30(24-15-7-5-8-16-24)33(3,4)37-32(35)25-17-9-6-10-18-25;1-11(2)15(7,12(17)18-8)9-13(3,4)14(5,6)10-16;/h5-22,30H,1-4H3;9H2,1-8H3;/q2*-1;+2. The molecule has 2 unspecified atom stereocenters. The van der Waals surface area contributed by atoms with E-state index in [1.165, 1.54) is 30.0 Å². The quantitative estimate of drug-likeness (QED) is 0.0754. The molecule has 0 spiro atoms. The molecule has 0 aliphatic rings. The van der Waals surface area contributed by atoms with Crippen LogP contribution in [0.2, 0.25) is 0 Å². The van der Waals surface area contributed by atoms with Crippen molar-refractivity contribution >= 4 is 51.0 Å². The summed E-state index contributed by atoms with van der Waals surface area (Å²) in [6, 6.07) is 39.6. The van der Waals surface area contributed by atoms with E-state index in [4.69, 9.17) is 17.0 Å². The molecule has 2 atom stereocenters. The van der Waals surface area contributed by atoms with Crippen LogP contribution in [0.15, 0.2) is 109 Å². The van der Waals surface area contributed by atoms with Crippen LogP contribution in [0.4, 0.5) is 0 Å². The van der Waals surface area contributed by atoms with Gasteiger partial charge in [-0.05, 0) is 67.0 Å². The Labute approximate surface area is 361 Å². The van der Waals surface area contributed by atoms with Crippen molar-refractivity contribution in [1.29, 1.82) is 5.26 Å². The Balaban J connectivity index is 0.000000485. The van der Waals surface area contributed by atoms with Gasteiger partial charge in [0, 0.05) is 16.2 Å². The molecule has 0 bridgehead atoms. The van der Waals surface area contributed by atoms with Gasteiger partial charge in [-0.3, -0.25) is 26.6 Å². The zero-order chi connectivity index (χ0) is 41.2. The number of rotatable bonds is 13. The summed E-state index contributed by atoms with van der Waals surface area (Å²) in [5.74, 6) is 0.812. The molecular formula is C48H57CoNO3S3. The molecule has 0 fully saturated rings. The summed E-state index contributed by atoms with van der Waals surface area (Å²) in [6.07, 6.45) is 0.593. The van der Waals surface area contributed by atoms with Crippen LogP contribution in [0.25, 0.3) is 11.1 Å². The van der Waals surface area contributed by atoms with Crippen molar-refractivity contribution in [2.75, 3.05) is 7.11 Å². The molecule has 0 aliphatic heterocycles. The molecular weight excluding hydrogens is 794 g/mol. The molecule has 0 N–H and O–H groups in total. The van der Waals surface area contributed by atoms with Gasteiger partial charge in [-0.15, -0.1) is 11.8 Å². The molecule has 299 valence electrons. The van der Waals surface area contributed by atoms with Crippen LogP contribution in [-0.4, -0.2) is 27.1 Å². The Kier molecular flexibility index (Phi) is 18.4. The van der Waals surface area contributed by atoms with Gasteiger partial charge in [0.2, 0.25) is 0 Å². The van der Waals surface area contributed by atoms with Gasteiger partial charge in [0.25, 0.3) is 5.97 Å². The van der Waals surface area contributed by atoms with E-state index in [9.17, 15) is 14.9 Å². The zero-order valence-corrected chi connectivity index (χ0v) is 38.4. The summed E-state index contributed by atoms with van der Waals surface area (Å²) in [7, 11) is 1.41. The minimum Gasteiger partial charge on any atom is -0.470 e. The molecule has 0 amide bonds. The maximum absolute atomic E-state index is 13.2. The van der Waals surface area contributed by atoms with Gasteiger partial charge < -0.3 is 10.7 Å². The summed E-state index contributed by atoms with van der Waals surface area (Å²) in [6.45, 7) is 22.1. The molecule has 0 saturated carbocycles. The Bertz CT molecular complexity index is 1950. The fourth-order valence-electron chi connectivity index (χ4n) is 6.60. The van der Waals surface area contributed by atoms with Gasteiger partial charge in [-0.2, -0.15) is 33.0 Å². The van der Waals surface area contributed by atoms with E-state index in [1.807, 2.05) is 98.7 Å². The number of benzene rings is 4. The van der Waals surface area contributed by atoms with Crippen molar-refractivity contribution in [2.45, 2.75) is 93.2 Å². The van der Waals surface area contributed by atoms with E-state index >= 15 is 0 Å². The predicted octanol–water partition coefficient (Wildman–Crippen LogP) is 13.6. The van der Waals surface area contributed by atoms with Crippen molar-refractivity contribution < 1.29 is 31.1 Å². The number of thiocarbonyl (C=S) groups is 1. The van der Waals surface area contributed by atoms with Crippen LogP contribution < -0.4 is 0 Å². The van der Waals surface area contributed by atoms with Gasteiger partial charge in [0.05, 0.1) is 22.8 Å². The SMILES string of the molecule is COC(=O)C(C)(CC(C)(C)C(C)(C)C#N)[C-](C)C.C[C-](C)SC(=O)c1ccccc1-c1ccccc1C(c1ccccc1)C(C)(C)SC(=S)c1ccccc1.[Co+2]. The van der Waals surface area contributed by atoms with Crippen molar-refractivity contribution in [3.05, 3.63) is 143 Å². The first-order valence-corrected chi connectivity index (χ1v) is 20.6.